The molecule has 0 aliphatic rings. The van der Waals surface area contributed by atoms with Gasteiger partial charge in [-0.1, -0.05) is 25.4 Å². The average molecular weight is 303 g/mol. The van der Waals surface area contributed by atoms with Crippen molar-refractivity contribution >= 4 is 23.4 Å². The first kappa shape index (κ1) is 16.4. The average Bonchev–Trinajstić information content (AvgIpc) is 2.35. The number of rotatable bonds is 4. The van der Waals surface area contributed by atoms with Gasteiger partial charge in [-0.15, -0.1) is 0 Å². The zero-order valence-corrected chi connectivity index (χ0v) is 11.9. The SMILES string of the molecule is CC(C)C(O)CC(=O)NNC(=O)c1ccc(Cl)cc1F. The van der Waals surface area contributed by atoms with Gasteiger partial charge < -0.3 is 5.11 Å². The molecule has 0 saturated carbocycles. The lowest BCUT2D eigenvalue weighted by Crippen LogP contribution is -2.43. The van der Waals surface area contributed by atoms with E-state index in [-0.39, 0.29) is 22.9 Å². The molecular formula is C13H16ClFN2O3. The van der Waals surface area contributed by atoms with E-state index >= 15 is 0 Å². The molecule has 0 bridgehead atoms. The van der Waals surface area contributed by atoms with Crippen molar-refractivity contribution in [1.29, 1.82) is 0 Å². The van der Waals surface area contributed by atoms with E-state index in [1.165, 1.54) is 12.1 Å². The Labute approximate surface area is 121 Å². The molecule has 0 saturated heterocycles. The monoisotopic (exact) mass is 302 g/mol. The molecule has 5 nitrogen and oxygen atoms in total. The third-order valence-corrected chi connectivity index (χ3v) is 2.89. The number of benzene rings is 1. The van der Waals surface area contributed by atoms with Crippen molar-refractivity contribution < 1.29 is 19.1 Å². The van der Waals surface area contributed by atoms with Gasteiger partial charge in [-0.05, 0) is 24.1 Å². The fraction of sp³-hybridized carbons (Fsp3) is 0.385. The molecule has 0 aliphatic carbocycles. The van der Waals surface area contributed by atoms with Crippen LogP contribution in [0.2, 0.25) is 5.02 Å². The number of hydrogen-bond donors (Lipinski definition) is 3. The Morgan fingerprint density at radius 2 is 2.00 bits per heavy atom. The minimum absolute atomic E-state index is 0.0786. The molecule has 7 heteroatoms. The van der Waals surface area contributed by atoms with E-state index in [0.717, 1.165) is 6.07 Å². The highest BCUT2D eigenvalue weighted by Gasteiger charge is 2.16. The Morgan fingerprint density at radius 3 is 2.55 bits per heavy atom. The van der Waals surface area contributed by atoms with Crippen LogP contribution in [0.25, 0.3) is 0 Å². The summed E-state index contributed by atoms with van der Waals surface area (Å²) < 4.78 is 13.4. The van der Waals surface area contributed by atoms with Crippen molar-refractivity contribution in [1.82, 2.24) is 10.9 Å². The van der Waals surface area contributed by atoms with Gasteiger partial charge in [0.25, 0.3) is 5.91 Å². The molecular weight excluding hydrogens is 287 g/mol. The number of hydrazine groups is 1. The zero-order valence-electron chi connectivity index (χ0n) is 11.1. The smallest absolute Gasteiger partial charge is 0.272 e. The third kappa shape index (κ3) is 4.79. The fourth-order valence-corrected chi connectivity index (χ4v) is 1.50. The van der Waals surface area contributed by atoms with E-state index in [4.69, 9.17) is 11.6 Å². The largest absolute Gasteiger partial charge is 0.392 e. The van der Waals surface area contributed by atoms with Crippen LogP contribution in [0.15, 0.2) is 18.2 Å². The quantitative estimate of drug-likeness (QED) is 0.740. The summed E-state index contributed by atoms with van der Waals surface area (Å²) in [6.07, 6.45) is -0.958. The molecule has 0 radical (unpaired) electrons. The van der Waals surface area contributed by atoms with Gasteiger partial charge in [0, 0.05) is 5.02 Å². The van der Waals surface area contributed by atoms with E-state index in [9.17, 15) is 19.1 Å². The lowest BCUT2D eigenvalue weighted by Gasteiger charge is -2.14. The highest BCUT2D eigenvalue weighted by Crippen LogP contribution is 2.14. The van der Waals surface area contributed by atoms with Crippen LogP contribution >= 0.6 is 11.6 Å². The highest BCUT2D eigenvalue weighted by atomic mass is 35.5. The lowest BCUT2D eigenvalue weighted by atomic mass is 10.0. The molecule has 0 aromatic heterocycles. The molecule has 0 fully saturated rings. The predicted molar refractivity (Wildman–Crippen MR) is 72.5 cm³/mol. The van der Waals surface area contributed by atoms with Gasteiger partial charge in [-0.2, -0.15) is 0 Å². The van der Waals surface area contributed by atoms with E-state index in [1.807, 2.05) is 0 Å². The van der Waals surface area contributed by atoms with Crippen LogP contribution in [0.4, 0.5) is 4.39 Å². The van der Waals surface area contributed by atoms with Crippen LogP contribution in [-0.4, -0.2) is 23.0 Å². The van der Waals surface area contributed by atoms with Crippen LogP contribution in [0, 0.1) is 11.7 Å². The standard InChI is InChI=1S/C13H16ClFN2O3/c1-7(2)11(18)6-12(19)16-17-13(20)9-4-3-8(14)5-10(9)15/h3-5,7,11,18H,6H2,1-2H3,(H,16,19)(H,17,20). The molecule has 0 heterocycles. The van der Waals surface area contributed by atoms with Crippen molar-refractivity contribution in [3.05, 3.63) is 34.6 Å². The van der Waals surface area contributed by atoms with Gasteiger partial charge in [0.15, 0.2) is 0 Å². The van der Waals surface area contributed by atoms with E-state index < -0.39 is 23.7 Å². The van der Waals surface area contributed by atoms with Gasteiger partial charge in [0.1, 0.15) is 5.82 Å². The molecule has 1 aromatic carbocycles. The second kappa shape index (κ2) is 7.21. The van der Waals surface area contributed by atoms with Crippen LogP contribution in [0.5, 0.6) is 0 Å². The maximum absolute atomic E-state index is 13.4. The van der Waals surface area contributed by atoms with Gasteiger partial charge in [-0.25, -0.2) is 4.39 Å². The van der Waals surface area contributed by atoms with E-state index in [1.54, 1.807) is 13.8 Å². The molecule has 20 heavy (non-hydrogen) atoms. The molecule has 2 amide bonds. The Bertz CT molecular complexity index is 508. The van der Waals surface area contributed by atoms with Crippen LogP contribution < -0.4 is 10.9 Å². The summed E-state index contributed by atoms with van der Waals surface area (Å²) in [4.78, 5) is 23.1. The minimum Gasteiger partial charge on any atom is -0.392 e. The number of halogens is 2. The number of aliphatic hydroxyl groups excluding tert-OH is 1. The van der Waals surface area contributed by atoms with Crippen molar-refractivity contribution in [2.45, 2.75) is 26.4 Å². The first-order chi connectivity index (χ1) is 9.31. The maximum atomic E-state index is 13.4. The van der Waals surface area contributed by atoms with Crippen molar-refractivity contribution in [2.75, 3.05) is 0 Å². The maximum Gasteiger partial charge on any atom is 0.272 e. The normalized spacial score (nSPS) is 12.1. The number of amides is 2. The number of carbonyl (C=O) groups is 2. The second-order valence-electron chi connectivity index (χ2n) is 4.64. The van der Waals surface area contributed by atoms with Crippen LogP contribution in [-0.2, 0) is 4.79 Å². The molecule has 0 aliphatic heterocycles. The molecule has 1 aromatic rings. The molecule has 110 valence electrons. The van der Waals surface area contributed by atoms with Crippen molar-refractivity contribution in [2.24, 2.45) is 5.92 Å². The Kier molecular flexibility index (Phi) is 5.91. The van der Waals surface area contributed by atoms with E-state index in [0.29, 0.717) is 0 Å². The summed E-state index contributed by atoms with van der Waals surface area (Å²) in [5, 5.41) is 9.68. The molecule has 3 N–H and O–H groups in total. The Hall–Kier alpha value is -1.66. The summed E-state index contributed by atoms with van der Waals surface area (Å²) in [7, 11) is 0. The first-order valence-corrected chi connectivity index (χ1v) is 6.41. The van der Waals surface area contributed by atoms with Gasteiger partial charge in [0.05, 0.1) is 18.1 Å². The number of nitrogens with one attached hydrogen (secondary N) is 2. The summed E-state index contributed by atoms with van der Waals surface area (Å²) in [5.74, 6) is -2.22. The zero-order chi connectivity index (χ0) is 15.3. The number of hydrogen-bond acceptors (Lipinski definition) is 3. The molecule has 1 rings (SSSR count). The summed E-state index contributed by atoms with van der Waals surface area (Å²) in [6.45, 7) is 3.53. The van der Waals surface area contributed by atoms with Gasteiger partial charge >= 0.3 is 0 Å². The predicted octanol–water partition coefficient (Wildman–Crippen LogP) is 1.65. The van der Waals surface area contributed by atoms with Crippen molar-refractivity contribution in [3.63, 3.8) is 0 Å². The summed E-state index contributed by atoms with van der Waals surface area (Å²) in [6, 6.07) is 3.58. The van der Waals surface area contributed by atoms with Crippen molar-refractivity contribution in [3.8, 4) is 0 Å². The van der Waals surface area contributed by atoms with Crippen LogP contribution in [0.3, 0.4) is 0 Å². The third-order valence-electron chi connectivity index (χ3n) is 2.66. The van der Waals surface area contributed by atoms with E-state index in [2.05, 4.69) is 10.9 Å². The second-order valence-corrected chi connectivity index (χ2v) is 5.08. The van der Waals surface area contributed by atoms with Gasteiger partial charge in [0.2, 0.25) is 5.91 Å². The highest BCUT2D eigenvalue weighted by molar-refractivity contribution is 6.30. The molecule has 1 atom stereocenters. The topological polar surface area (TPSA) is 78.4 Å². The summed E-state index contributed by atoms with van der Waals surface area (Å²) in [5.41, 5.74) is 3.94. The Morgan fingerprint density at radius 1 is 1.35 bits per heavy atom. The van der Waals surface area contributed by atoms with Crippen LogP contribution in [0.1, 0.15) is 30.6 Å². The minimum atomic E-state index is -0.806. The molecule has 0 spiro atoms. The number of aliphatic hydroxyl groups is 1. The first-order valence-electron chi connectivity index (χ1n) is 6.03. The summed E-state index contributed by atoms with van der Waals surface area (Å²) >= 11 is 5.57. The fourth-order valence-electron chi connectivity index (χ4n) is 1.34. The Balaban J connectivity index is 2.53. The molecule has 1 unspecified atom stereocenters. The van der Waals surface area contributed by atoms with Gasteiger partial charge in [-0.3, -0.25) is 20.4 Å². The number of carbonyl (C=O) groups excluding carboxylic acids is 2. The lowest BCUT2D eigenvalue weighted by molar-refractivity contribution is -0.124.